The molecule has 0 heterocycles. The van der Waals surface area contributed by atoms with Gasteiger partial charge in [0.15, 0.2) is 16.6 Å². The minimum atomic E-state index is 0.444. The average Bonchev–Trinajstić information content (AvgIpc) is 2.46. The number of hydrogen-bond donors (Lipinski definition) is 2. The van der Waals surface area contributed by atoms with Crippen molar-refractivity contribution < 1.29 is 9.47 Å². The normalized spacial score (nSPS) is 10.1. The van der Waals surface area contributed by atoms with Crippen molar-refractivity contribution in [1.82, 2.24) is 10.7 Å². The fourth-order valence-electron chi connectivity index (χ4n) is 1.41. The number of ether oxygens (including phenoxy) is 2. The van der Waals surface area contributed by atoms with E-state index in [4.69, 9.17) is 21.7 Å². The number of thiocarbonyl (C=S) groups is 1. The second kappa shape index (κ2) is 8.92. The van der Waals surface area contributed by atoms with Gasteiger partial charge in [-0.3, -0.25) is 5.43 Å². The number of nitrogens with zero attached hydrogens (tertiary/aromatic N) is 1. The van der Waals surface area contributed by atoms with Crippen molar-refractivity contribution in [2.75, 3.05) is 20.3 Å². The van der Waals surface area contributed by atoms with Crippen LogP contribution in [-0.2, 0) is 0 Å². The molecule has 0 amide bonds. The van der Waals surface area contributed by atoms with Gasteiger partial charge in [-0.15, -0.1) is 6.58 Å². The highest BCUT2D eigenvalue weighted by Gasteiger charge is 2.03. The predicted molar refractivity (Wildman–Crippen MR) is 85.7 cm³/mol. The molecule has 0 radical (unpaired) electrons. The summed E-state index contributed by atoms with van der Waals surface area (Å²) in [6.45, 7) is 6.68. The predicted octanol–water partition coefficient (Wildman–Crippen LogP) is 2.08. The lowest BCUT2D eigenvalue weighted by atomic mass is 10.2. The molecule has 0 aliphatic rings. The summed E-state index contributed by atoms with van der Waals surface area (Å²) < 4.78 is 10.7. The van der Waals surface area contributed by atoms with Gasteiger partial charge >= 0.3 is 0 Å². The maximum atomic E-state index is 5.49. The van der Waals surface area contributed by atoms with E-state index in [-0.39, 0.29) is 0 Å². The summed E-state index contributed by atoms with van der Waals surface area (Å²) in [4.78, 5) is 0. The van der Waals surface area contributed by atoms with Gasteiger partial charge in [0.25, 0.3) is 0 Å². The molecule has 2 N–H and O–H groups in total. The minimum absolute atomic E-state index is 0.444. The van der Waals surface area contributed by atoms with Crippen LogP contribution in [0.15, 0.2) is 36.0 Å². The average molecular weight is 293 g/mol. The Morgan fingerprint density at radius 1 is 1.45 bits per heavy atom. The third kappa shape index (κ3) is 5.27. The molecule has 5 nitrogen and oxygen atoms in total. The molecule has 1 aromatic rings. The zero-order valence-electron chi connectivity index (χ0n) is 11.7. The molecule has 0 spiro atoms. The molecule has 0 saturated carbocycles. The molecule has 0 atom stereocenters. The van der Waals surface area contributed by atoms with E-state index in [1.54, 1.807) is 19.4 Å². The van der Waals surface area contributed by atoms with E-state index in [1.807, 2.05) is 25.1 Å². The Kier molecular flexibility index (Phi) is 7.13. The van der Waals surface area contributed by atoms with Crippen LogP contribution in [0.5, 0.6) is 11.5 Å². The Bertz CT molecular complexity index is 489. The summed E-state index contributed by atoms with van der Waals surface area (Å²) in [6.07, 6.45) is 3.37. The van der Waals surface area contributed by atoms with Crippen LogP contribution in [-0.4, -0.2) is 31.6 Å². The standard InChI is InChI=1S/C14H19N3O2S/c1-4-8-15-14(20)17-16-10-11-6-7-12(18-3)13(9-11)19-5-2/h4,6-7,9-10H,1,5,8H2,2-3H3,(H2,15,17,20)/b16-10+. The third-order valence-electron chi connectivity index (χ3n) is 2.27. The lowest BCUT2D eigenvalue weighted by molar-refractivity contribution is 0.311. The van der Waals surface area contributed by atoms with Gasteiger partial charge in [0, 0.05) is 6.54 Å². The number of hydrogen-bond acceptors (Lipinski definition) is 4. The summed E-state index contributed by atoms with van der Waals surface area (Å²) in [5.74, 6) is 1.38. The van der Waals surface area contributed by atoms with E-state index in [0.717, 1.165) is 5.56 Å². The van der Waals surface area contributed by atoms with Gasteiger partial charge in [-0.25, -0.2) is 0 Å². The van der Waals surface area contributed by atoms with Crippen molar-refractivity contribution >= 4 is 23.5 Å². The van der Waals surface area contributed by atoms with Gasteiger partial charge in [-0.2, -0.15) is 5.10 Å². The van der Waals surface area contributed by atoms with Gasteiger partial charge in [0.05, 0.1) is 19.9 Å². The fourth-order valence-corrected chi connectivity index (χ4v) is 1.55. The highest BCUT2D eigenvalue weighted by molar-refractivity contribution is 7.80. The van der Waals surface area contributed by atoms with E-state index >= 15 is 0 Å². The van der Waals surface area contributed by atoms with Crippen LogP contribution in [0.3, 0.4) is 0 Å². The van der Waals surface area contributed by atoms with Crippen molar-refractivity contribution in [1.29, 1.82) is 0 Å². The second-order valence-electron chi connectivity index (χ2n) is 3.71. The van der Waals surface area contributed by atoms with Crippen LogP contribution in [0.1, 0.15) is 12.5 Å². The van der Waals surface area contributed by atoms with Gasteiger partial charge in [0.2, 0.25) is 0 Å². The number of hydrazone groups is 1. The van der Waals surface area contributed by atoms with Gasteiger partial charge in [-0.05, 0) is 42.9 Å². The Hall–Kier alpha value is -2.08. The highest BCUT2D eigenvalue weighted by Crippen LogP contribution is 2.27. The van der Waals surface area contributed by atoms with Gasteiger partial charge in [-0.1, -0.05) is 6.08 Å². The molecule has 0 aliphatic carbocycles. The quantitative estimate of drug-likeness (QED) is 0.349. The highest BCUT2D eigenvalue weighted by atomic mass is 32.1. The van der Waals surface area contributed by atoms with E-state index in [1.165, 1.54) is 0 Å². The van der Waals surface area contributed by atoms with E-state index in [0.29, 0.717) is 29.8 Å². The molecule has 6 heteroatoms. The van der Waals surface area contributed by atoms with Crippen LogP contribution >= 0.6 is 12.2 Å². The zero-order chi connectivity index (χ0) is 14.8. The summed E-state index contributed by atoms with van der Waals surface area (Å²) in [7, 11) is 1.61. The zero-order valence-corrected chi connectivity index (χ0v) is 12.5. The van der Waals surface area contributed by atoms with Crippen molar-refractivity contribution in [3.63, 3.8) is 0 Å². The molecule has 0 aliphatic heterocycles. The Morgan fingerprint density at radius 2 is 2.25 bits per heavy atom. The van der Waals surface area contributed by atoms with Crippen LogP contribution in [0.2, 0.25) is 0 Å². The molecule has 108 valence electrons. The summed E-state index contributed by atoms with van der Waals surface area (Å²) in [6, 6.07) is 5.57. The lowest BCUT2D eigenvalue weighted by Gasteiger charge is -2.09. The first-order chi connectivity index (χ1) is 9.71. The maximum Gasteiger partial charge on any atom is 0.187 e. The maximum absolute atomic E-state index is 5.49. The third-order valence-corrected chi connectivity index (χ3v) is 2.51. The number of methoxy groups -OCH3 is 1. The Morgan fingerprint density at radius 3 is 2.90 bits per heavy atom. The largest absolute Gasteiger partial charge is 0.493 e. The summed E-state index contributed by atoms with van der Waals surface area (Å²) in [5.41, 5.74) is 3.60. The summed E-state index contributed by atoms with van der Waals surface area (Å²) in [5, 5.41) is 7.40. The fraction of sp³-hybridized carbons (Fsp3) is 0.286. The van der Waals surface area contributed by atoms with Crippen molar-refractivity contribution in [3.05, 3.63) is 36.4 Å². The molecule has 1 rings (SSSR count). The first kappa shape index (κ1) is 16.0. The molecular weight excluding hydrogens is 274 g/mol. The Balaban J connectivity index is 2.65. The number of benzene rings is 1. The van der Waals surface area contributed by atoms with Crippen molar-refractivity contribution in [2.24, 2.45) is 5.10 Å². The molecular formula is C14H19N3O2S. The molecule has 0 bridgehead atoms. The molecule has 1 aromatic carbocycles. The summed E-state index contributed by atoms with van der Waals surface area (Å²) >= 11 is 5.01. The molecule has 0 saturated heterocycles. The van der Waals surface area contributed by atoms with Gasteiger partial charge < -0.3 is 14.8 Å². The van der Waals surface area contributed by atoms with Crippen LogP contribution in [0.4, 0.5) is 0 Å². The number of nitrogens with one attached hydrogen (secondary N) is 2. The smallest absolute Gasteiger partial charge is 0.187 e. The molecule has 0 fully saturated rings. The monoisotopic (exact) mass is 293 g/mol. The first-order valence-electron chi connectivity index (χ1n) is 6.19. The van der Waals surface area contributed by atoms with Crippen LogP contribution in [0.25, 0.3) is 0 Å². The topological polar surface area (TPSA) is 54.9 Å². The Labute approximate surface area is 124 Å². The molecule has 0 aromatic heterocycles. The molecule has 20 heavy (non-hydrogen) atoms. The molecule has 0 unspecified atom stereocenters. The van der Waals surface area contributed by atoms with Crippen LogP contribution in [0, 0.1) is 0 Å². The van der Waals surface area contributed by atoms with Crippen molar-refractivity contribution in [3.8, 4) is 11.5 Å². The SMILES string of the molecule is C=CCNC(=S)N/N=C/c1ccc(OC)c(OCC)c1. The van der Waals surface area contributed by atoms with Crippen molar-refractivity contribution in [2.45, 2.75) is 6.92 Å². The second-order valence-corrected chi connectivity index (χ2v) is 4.12. The first-order valence-corrected chi connectivity index (χ1v) is 6.60. The van der Waals surface area contributed by atoms with E-state index in [9.17, 15) is 0 Å². The van der Waals surface area contributed by atoms with E-state index in [2.05, 4.69) is 22.4 Å². The van der Waals surface area contributed by atoms with Crippen LogP contribution < -0.4 is 20.2 Å². The minimum Gasteiger partial charge on any atom is -0.493 e. The van der Waals surface area contributed by atoms with E-state index < -0.39 is 0 Å². The van der Waals surface area contributed by atoms with Gasteiger partial charge in [0.1, 0.15) is 0 Å². The lowest BCUT2D eigenvalue weighted by Crippen LogP contribution is -2.31. The number of rotatable bonds is 7.